The number of aromatic nitrogens is 2. The zero-order valence-electron chi connectivity index (χ0n) is 10.3. The van der Waals surface area contributed by atoms with Gasteiger partial charge in [0.15, 0.2) is 0 Å². The van der Waals surface area contributed by atoms with Gasteiger partial charge in [0.25, 0.3) is 0 Å². The van der Waals surface area contributed by atoms with E-state index in [9.17, 15) is 9.90 Å². The van der Waals surface area contributed by atoms with Gasteiger partial charge in [-0.25, -0.2) is 9.78 Å². The standard InChI is InChI=1S/C14H16N2O2/c1-2-11-4-6-12(7-5-11)13(17)10-16-9-3-8-15-14(16)18/h3-9,13,17H,2,10H2,1H3. The van der Waals surface area contributed by atoms with Gasteiger partial charge in [0.05, 0.1) is 12.6 Å². The molecule has 4 heteroatoms. The fourth-order valence-corrected chi connectivity index (χ4v) is 1.79. The first-order valence-electron chi connectivity index (χ1n) is 5.99. The Balaban J connectivity index is 2.14. The Morgan fingerprint density at radius 3 is 2.67 bits per heavy atom. The minimum absolute atomic E-state index is 0.220. The number of aliphatic hydroxyl groups is 1. The van der Waals surface area contributed by atoms with Crippen molar-refractivity contribution >= 4 is 0 Å². The fraction of sp³-hybridized carbons (Fsp3) is 0.286. The summed E-state index contributed by atoms with van der Waals surface area (Å²) in [7, 11) is 0. The van der Waals surface area contributed by atoms with E-state index in [-0.39, 0.29) is 12.2 Å². The van der Waals surface area contributed by atoms with Crippen molar-refractivity contribution in [2.75, 3.05) is 0 Å². The Kier molecular flexibility index (Phi) is 3.89. The molecular weight excluding hydrogens is 228 g/mol. The quantitative estimate of drug-likeness (QED) is 0.887. The molecule has 4 nitrogen and oxygen atoms in total. The minimum Gasteiger partial charge on any atom is -0.387 e. The van der Waals surface area contributed by atoms with E-state index in [2.05, 4.69) is 11.9 Å². The van der Waals surface area contributed by atoms with Crippen LogP contribution in [0, 0.1) is 0 Å². The Morgan fingerprint density at radius 2 is 2.06 bits per heavy atom. The van der Waals surface area contributed by atoms with Crippen molar-refractivity contribution in [3.05, 3.63) is 64.3 Å². The van der Waals surface area contributed by atoms with Gasteiger partial charge in [-0.3, -0.25) is 4.57 Å². The minimum atomic E-state index is -0.696. The van der Waals surface area contributed by atoms with Crippen molar-refractivity contribution in [1.29, 1.82) is 0 Å². The second-order valence-electron chi connectivity index (χ2n) is 4.17. The second kappa shape index (κ2) is 5.60. The van der Waals surface area contributed by atoms with Crippen molar-refractivity contribution in [3.8, 4) is 0 Å². The lowest BCUT2D eigenvalue weighted by Crippen LogP contribution is -2.24. The van der Waals surface area contributed by atoms with Gasteiger partial charge < -0.3 is 5.11 Å². The molecule has 0 aliphatic carbocycles. The van der Waals surface area contributed by atoms with Crippen LogP contribution in [-0.2, 0) is 13.0 Å². The van der Waals surface area contributed by atoms with Crippen LogP contribution in [0.15, 0.2) is 47.5 Å². The summed E-state index contributed by atoms with van der Waals surface area (Å²) >= 11 is 0. The van der Waals surface area contributed by atoms with E-state index in [1.165, 1.54) is 16.3 Å². The molecule has 1 N–H and O–H groups in total. The van der Waals surface area contributed by atoms with Crippen molar-refractivity contribution in [2.24, 2.45) is 0 Å². The van der Waals surface area contributed by atoms with E-state index in [4.69, 9.17) is 0 Å². The van der Waals surface area contributed by atoms with E-state index in [1.807, 2.05) is 24.3 Å². The lowest BCUT2D eigenvalue weighted by molar-refractivity contribution is 0.154. The summed E-state index contributed by atoms with van der Waals surface area (Å²) in [6, 6.07) is 9.44. The molecule has 1 aromatic heterocycles. The van der Waals surface area contributed by atoms with E-state index in [0.29, 0.717) is 0 Å². The zero-order valence-corrected chi connectivity index (χ0v) is 10.3. The number of benzene rings is 1. The van der Waals surface area contributed by atoms with Crippen molar-refractivity contribution in [2.45, 2.75) is 26.0 Å². The van der Waals surface area contributed by atoms with Crippen LogP contribution >= 0.6 is 0 Å². The average molecular weight is 244 g/mol. The van der Waals surface area contributed by atoms with Gasteiger partial charge in [0, 0.05) is 12.4 Å². The maximum atomic E-state index is 11.4. The van der Waals surface area contributed by atoms with E-state index in [1.54, 1.807) is 12.3 Å². The Hall–Kier alpha value is -1.94. The zero-order chi connectivity index (χ0) is 13.0. The van der Waals surface area contributed by atoms with Gasteiger partial charge in [0.1, 0.15) is 0 Å². The van der Waals surface area contributed by atoms with Gasteiger partial charge in [-0.2, -0.15) is 0 Å². The van der Waals surface area contributed by atoms with Crippen LogP contribution in [0.3, 0.4) is 0 Å². The molecular formula is C14H16N2O2. The second-order valence-corrected chi connectivity index (χ2v) is 4.17. The Labute approximate surface area is 106 Å². The highest BCUT2D eigenvalue weighted by Gasteiger charge is 2.09. The summed E-state index contributed by atoms with van der Waals surface area (Å²) in [4.78, 5) is 15.1. The number of rotatable bonds is 4. The molecule has 1 atom stereocenters. The van der Waals surface area contributed by atoms with Gasteiger partial charge in [-0.1, -0.05) is 31.2 Å². The van der Waals surface area contributed by atoms with E-state index < -0.39 is 6.10 Å². The highest BCUT2D eigenvalue weighted by atomic mass is 16.3. The first-order valence-corrected chi connectivity index (χ1v) is 5.99. The topological polar surface area (TPSA) is 55.1 Å². The lowest BCUT2D eigenvalue weighted by atomic mass is 10.1. The molecule has 1 heterocycles. The predicted molar refractivity (Wildman–Crippen MR) is 69.3 cm³/mol. The molecule has 0 bridgehead atoms. The summed E-state index contributed by atoms with van der Waals surface area (Å²) in [6.45, 7) is 2.30. The van der Waals surface area contributed by atoms with Crippen LogP contribution < -0.4 is 5.69 Å². The molecule has 2 aromatic rings. The van der Waals surface area contributed by atoms with Gasteiger partial charge >= 0.3 is 5.69 Å². The van der Waals surface area contributed by atoms with Crippen LogP contribution in [0.2, 0.25) is 0 Å². The molecule has 0 amide bonds. The molecule has 0 aliphatic rings. The molecule has 18 heavy (non-hydrogen) atoms. The third kappa shape index (κ3) is 2.84. The molecule has 0 spiro atoms. The molecule has 0 radical (unpaired) electrons. The van der Waals surface area contributed by atoms with Crippen LogP contribution in [-0.4, -0.2) is 14.7 Å². The first-order chi connectivity index (χ1) is 8.70. The van der Waals surface area contributed by atoms with Crippen LogP contribution in [0.4, 0.5) is 0 Å². The summed E-state index contributed by atoms with van der Waals surface area (Å²) in [6.07, 6.45) is 3.34. The molecule has 1 unspecified atom stereocenters. The maximum Gasteiger partial charge on any atom is 0.347 e. The van der Waals surface area contributed by atoms with E-state index >= 15 is 0 Å². The van der Waals surface area contributed by atoms with Crippen molar-refractivity contribution < 1.29 is 5.11 Å². The number of hydrogen-bond donors (Lipinski definition) is 1. The molecule has 1 aromatic carbocycles. The number of aliphatic hydroxyl groups excluding tert-OH is 1. The Morgan fingerprint density at radius 1 is 1.33 bits per heavy atom. The van der Waals surface area contributed by atoms with Crippen LogP contribution in [0.25, 0.3) is 0 Å². The van der Waals surface area contributed by atoms with Crippen LogP contribution in [0.1, 0.15) is 24.2 Å². The van der Waals surface area contributed by atoms with E-state index in [0.717, 1.165) is 12.0 Å². The number of aryl methyl sites for hydroxylation is 1. The third-order valence-electron chi connectivity index (χ3n) is 2.93. The van der Waals surface area contributed by atoms with Gasteiger partial charge in [-0.15, -0.1) is 0 Å². The third-order valence-corrected chi connectivity index (χ3v) is 2.93. The number of nitrogens with zero attached hydrogens (tertiary/aromatic N) is 2. The summed E-state index contributed by atoms with van der Waals surface area (Å²) in [5.74, 6) is 0. The van der Waals surface area contributed by atoms with Gasteiger partial charge in [-0.05, 0) is 23.6 Å². The highest BCUT2D eigenvalue weighted by Crippen LogP contribution is 2.15. The average Bonchev–Trinajstić information content (AvgIpc) is 2.41. The van der Waals surface area contributed by atoms with Crippen molar-refractivity contribution in [1.82, 2.24) is 9.55 Å². The molecule has 2 rings (SSSR count). The first kappa shape index (κ1) is 12.5. The monoisotopic (exact) mass is 244 g/mol. The largest absolute Gasteiger partial charge is 0.387 e. The fourth-order valence-electron chi connectivity index (χ4n) is 1.79. The SMILES string of the molecule is CCc1ccc(C(O)Cn2cccnc2=O)cc1. The molecule has 0 aliphatic heterocycles. The van der Waals surface area contributed by atoms with Crippen molar-refractivity contribution in [3.63, 3.8) is 0 Å². The number of hydrogen-bond acceptors (Lipinski definition) is 3. The van der Waals surface area contributed by atoms with Crippen LogP contribution in [0.5, 0.6) is 0 Å². The summed E-state index contributed by atoms with van der Waals surface area (Å²) in [5.41, 5.74) is 1.69. The highest BCUT2D eigenvalue weighted by molar-refractivity contribution is 5.24. The Bertz CT molecular complexity index is 561. The summed E-state index contributed by atoms with van der Waals surface area (Å²) in [5, 5.41) is 10.1. The molecule has 94 valence electrons. The predicted octanol–water partition coefficient (Wildman–Crippen LogP) is 1.54. The smallest absolute Gasteiger partial charge is 0.347 e. The molecule has 0 saturated carbocycles. The van der Waals surface area contributed by atoms with Gasteiger partial charge in [0.2, 0.25) is 0 Å². The molecule has 0 saturated heterocycles. The normalized spacial score (nSPS) is 12.3. The maximum absolute atomic E-state index is 11.4. The summed E-state index contributed by atoms with van der Waals surface area (Å²) < 4.78 is 1.40. The lowest BCUT2D eigenvalue weighted by Gasteiger charge is -2.12. The molecule has 0 fully saturated rings.